The third-order valence-electron chi connectivity index (χ3n) is 3.57. The van der Waals surface area contributed by atoms with Crippen molar-refractivity contribution in [2.75, 3.05) is 12.3 Å². The Morgan fingerprint density at radius 1 is 1.22 bits per heavy atom. The van der Waals surface area contributed by atoms with E-state index >= 15 is 0 Å². The second-order valence-corrected chi connectivity index (χ2v) is 5.31. The molecule has 0 saturated carbocycles. The highest BCUT2D eigenvalue weighted by Gasteiger charge is 2.41. The molecule has 1 fully saturated rings. The average Bonchev–Trinajstić information content (AvgIpc) is 2.91. The first-order valence-corrected chi connectivity index (χ1v) is 7.08. The number of hydrogen-bond donors (Lipinski definition) is 6. The number of aromatic nitrogens is 4. The first kappa shape index (κ1) is 17.5. The molecule has 10 heteroatoms. The quantitative estimate of drug-likeness (QED) is 0.350. The minimum absolute atomic E-state index is 0.366. The SMILES string of the molecule is CC1OC(CO)C(O)C(O)C1O.Cc1nc2ncnc(N)c2[nH]1. The van der Waals surface area contributed by atoms with Crippen LogP contribution < -0.4 is 5.73 Å². The van der Waals surface area contributed by atoms with Crippen LogP contribution in [0.1, 0.15) is 12.7 Å². The standard InChI is InChI=1S/C7H14O5.C6H7N5/c1-3-5(9)7(11)6(10)4(2-8)12-3;1-3-10-4-5(7)8-2-9-6(4)11-3/h3-11H,2H2,1H3;2H,1H3,(H3,7,8,9,10,11). The van der Waals surface area contributed by atoms with Gasteiger partial charge in [-0.2, -0.15) is 0 Å². The normalized spacial score (nSPS) is 30.8. The Kier molecular flexibility index (Phi) is 5.44. The summed E-state index contributed by atoms with van der Waals surface area (Å²) in [5.41, 5.74) is 6.88. The summed E-state index contributed by atoms with van der Waals surface area (Å²) in [6, 6.07) is 0. The lowest BCUT2D eigenvalue weighted by atomic mass is 9.96. The lowest BCUT2D eigenvalue weighted by Crippen LogP contribution is -2.57. The number of fused-ring (bicyclic) bond motifs is 1. The number of H-pyrrole nitrogens is 1. The van der Waals surface area contributed by atoms with Gasteiger partial charge in [0.25, 0.3) is 0 Å². The number of nitrogens with zero attached hydrogens (tertiary/aromatic N) is 3. The molecule has 128 valence electrons. The highest BCUT2D eigenvalue weighted by molar-refractivity contribution is 5.80. The number of imidazole rings is 1. The van der Waals surface area contributed by atoms with Gasteiger partial charge in [0.15, 0.2) is 11.5 Å². The molecule has 2 aromatic heterocycles. The number of nitrogens with one attached hydrogen (secondary N) is 1. The summed E-state index contributed by atoms with van der Waals surface area (Å²) in [5, 5.41) is 36.4. The molecule has 0 amide bonds. The zero-order valence-electron chi connectivity index (χ0n) is 12.8. The molecule has 5 unspecified atom stereocenters. The van der Waals surface area contributed by atoms with Crippen LogP contribution in [-0.2, 0) is 4.74 Å². The molecular weight excluding hydrogens is 306 g/mol. The number of anilines is 1. The van der Waals surface area contributed by atoms with Crippen LogP contribution in [0.2, 0.25) is 0 Å². The fourth-order valence-electron chi connectivity index (χ4n) is 2.25. The number of hydrogen-bond acceptors (Lipinski definition) is 9. The minimum Gasteiger partial charge on any atom is -0.394 e. The van der Waals surface area contributed by atoms with E-state index in [1.54, 1.807) is 6.92 Å². The number of ether oxygens (including phenoxy) is 1. The molecule has 0 aromatic carbocycles. The Labute approximate surface area is 132 Å². The number of nitrogen functional groups attached to an aromatic ring is 1. The van der Waals surface area contributed by atoms with Crippen molar-refractivity contribution < 1.29 is 25.2 Å². The highest BCUT2D eigenvalue weighted by Crippen LogP contribution is 2.20. The van der Waals surface area contributed by atoms with Gasteiger partial charge in [-0.15, -0.1) is 0 Å². The predicted molar refractivity (Wildman–Crippen MR) is 80.3 cm³/mol. The molecule has 0 spiro atoms. The van der Waals surface area contributed by atoms with Gasteiger partial charge < -0.3 is 35.9 Å². The number of aryl methyl sites for hydroxylation is 1. The second-order valence-electron chi connectivity index (χ2n) is 5.31. The van der Waals surface area contributed by atoms with Crippen molar-refractivity contribution in [3.8, 4) is 0 Å². The van der Waals surface area contributed by atoms with Crippen LogP contribution >= 0.6 is 0 Å². The first-order valence-electron chi connectivity index (χ1n) is 7.08. The minimum atomic E-state index is -1.24. The molecule has 3 rings (SSSR count). The van der Waals surface area contributed by atoms with E-state index in [2.05, 4.69) is 19.9 Å². The second kappa shape index (κ2) is 7.15. The Hall–Kier alpha value is -1.85. The van der Waals surface area contributed by atoms with Gasteiger partial charge in [-0.3, -0.25) is 0 Å². The summed E-state index contributed by atoms with van der Waals surface area (Å²) in [7, 11) is 0. The molecule has 0 aliphatic carbocycles. The van der Waals surface area contributed by atoms with E-state index in [1.165, 1.54) is 6.33 Å². The first-order chi connectivity index (χ1) is 10.8. The molecule has 0 radical (unpaired) electrons. The maximum atomic E-state index is 9.23. The van der Waals surface area contributed by atoms with Gasteiger partial charge in [-0.05, 0) is 13.8 Å². The van der Waals surface area contributed by atoms with Gasteiger partial charge in [0, 0.05) is 0 Å². The van der Waals surface area contributed by atoms with Crippen molar-refractivity contribution in [3.63, 3.8) is 0 Å². The van der Waals surface area contributed by atoms with E-state index in [4.69, 9.17) is 15.6 Å². The molecule has 1 saturated heterocycles. The summed E-state index contributed by atoms with van der Waals surface area (Å²) in [5.74, 6) is 1.24. The third kappa shape index (κ3) is 3.74. The molecular formula is C13H21N5O5. The molecule has 3 heterocycles. The van der Waals surface area contributed by atoms with Gasteiger partial charge in [0.05, 0.1) is 12.7 Å². The maximum absolute atomic E-state index is 9.23. The predicted octanol–water partition coefficient (Wildman–Crippen LogP) is -1.91. The van der Waals surface area contributed by atoms with E-state index < -0.39 is 30.5 Å². The molecule has 7 N–H and O–H groups in total. The zero-order chi connectivity index (χ0) is 17.1. The molecule has 0 bridgehead atoms. The molecule has 1 aliphatic rings. The summed E-state index contributed by atoms with van der Waals surface area (Å²) < 4.78 is 5.02. The van der Waals surface area contributed by atoms with Crippen LogP contribution in [0.3, 0.4) is 0 Å². The van der Waals surface area contributed by atoms with Crippen LogP contribution in [0, 0.1) is 6.92 Å². The van der Waals surface area contributed by atoms with E-state index in [-0.39, 0.29) is 6.61 Å². The van der Waals surface area contributed by atoms with E-state index in [1.807, 2.05) is 6.92 Å². The van der Waals surface area contributed by atoms with E-state index in [0.29, 0.717) is 17.0 Å². The Balaban J connectivity index is 0.000000167. The van der Waals surface area contributed by atoms with Gasteiger partial charge >= 0.3 is 0 Å². The van der Waals surface area contributed by atoms with Crippen molar-refractivity contribution in [3.05, 3.63) is 12.2 Å². The largest absolute Gasteiger partial charge is 0.394 e. The molecule has 2 aromatic rings. The fraction of sp³-hybridized carbons (Fsp3) is 0.615. The third-order valence-corrected chi connectivity index (χ3v) is 3.57. The Morgan fingerprint density at radius 3 is 2.52 bits per heavy atom. The maximum Gasteiger partial charge on any atom is 0.183 e. The summed E-state index contributed by atoms with van der Waals surface area (Å²) in [6.07, 6.45) is -3.54. The van der Waals surface area contributed by atoms with Crippen molar-refractivity contribution in [1.82, 2.24) is 19.9 Å². The van der Waals surface area contributed by atoms with E-state index in [0.717, 1.165) is 5.82 Å². The van der Waals surface area contributed by atoms with Gasteiger partial charge in [-0.1, -0.05) is 0 Å². The van der Waals surface area contributed by atoms with Crippen molar-refractivity contribution in [2.45, 2.75) is 44.4 Å². The lowest BCUT2D eigenvalue weighted by Gasteiger charge is -2.38. The topological polar surface area (TPSA) is 171 Å². The Bertz CT molecular complexity index is 646. The highest BCUT2D eigenvalue weighted by atomic mass is 16.5. The monoisotopic (exact) mass is 327 g/mol. The molecule has 23 heavy (non-hydrogen) atoms. The number of nitrogens with two attached hydrogens (primary N) is 1. The zero-order valence-corrected chi connectivity index (χ0v) is 12.8. The van der Waals surface area contributed by atoms with E-state index in [9.17, 15) is 15.3 Å². The number of aliphatic hydroxyl groups is 4. The van der Waals surface area contributed by atoms with Crippen LogP contribution in [-0.4, -0.2) is 77.5 Å². The smallest absolute Gasteiger partial charge is 0.183 e. The lowest BCUT2D eigenvalue weighted by molar-refractivity contribution is -0.224. The fourth-order valence-corrected chi connectivity index (χ4v) is 2.25. The van der Waals surface area contributed by atoms with Crippen molar-refractivity contribution >= 4 is 17.0 Å². The number of rotatable bonds is 1. The number of aromatic amines is 1. The van der Waals surface area contributed by atoms with Crippen LogP contribution in [0.4, 0.5) is 5.82 Å². The summed E-state index contributed by atoms with van der Waals surface area (Å²) >= 11 is 0. The van der Waals surface area contributed by atoms with Crippen molar-refractivity contribution in [1.29, 1.82) is 0 Å². The number of aliphatic hydroxyl groups excluding tert-OH is 4. The van der Waals surface area contributed by atoms with Gasteiger partial charge in [-0.25, -0.2) is 15.0 Å². The molecule has 10 nitrogen and oxygen atoms in total. The van der Waals surface area contributed by atoms with Gasteiger partial charge in [0.1, 0.15) is 42.1 Å². The van der Waals surface area contributed by atoms with Crippen LogP contribution in [0.5, 0.6) is 0 Å². The summed E-state index contributed by atoms with van der Waals surface area (Å²) in [4.78, 5) is 14.8. The van der Waals surface area contributed by atoms with Crippen LogP contribution in [0.25, 0.3) is 11.2 Å². The average molecular weight is 327 g/mol. The van der Waals surface area contributed by atoms with Crippen molar-refractivity contribution in [2.24, 2.45) is 0 Å². The summed E-state index contributed by atoms with van der Waals surface area (Å²) in [6.45, 7) is 3.05. The Morgan fingerprint density at radius 2 is 1.91 bits per heavy atom. The van der Waals surface area contributed by atoms with Gasteiger partial charge in [0.2, 0.25) is 0 Å². The molecule has 5 atom stereocenters. The molecule has 1 aliphatic heterocycles. The van der Waals surface area contributed by atoms with Crippen LogP contribution in [0.15, 0.2) is 6.33 Å².